The van der Waals surface area contributed by atoms with Crippen LogP contribution in [0.1, 0.15) is 44.7 Å². The molecule has 0 fully saturated rings. The summed E-state index contributed by atoms with van der Waals surface area (Å²) in [6.45, 7) is 5.31. The lowest BCUT2D eigenvalue weighted by molar-refractivity contribution is 0.0604. The van der Waals surface area contributed by atoms with Gasteiger partial charge in [0.25, 0.3) is 0 Å². The Morgan fingerprint density at radius 1 is 1.24 bits per heavy atom. The lowest BCUT2D eigenvalue weighted by atomic mass is 10.0. The highest BCUT2D eigenvalue weighted by molar-refractivity contribution is 5.11. The van der Waals surface area contributed by atoms with Gasteiger partial charge in [0.15, 0.2) is 0 Å². The summed E-state index contributed by atoms with van der Waals surface area (Å²) in [6, 6.07) is 0.182. The van der Waals surface area contributed by atoms with E-state index in [4.69, 9.17) is 4.74 Å². The van der Waals surface area contributed by atoms with Gasteiger partial charge in [-0.1, -0.05) is 20.3 Å². The second-order valence-electron chi connectivity index (χ2n) is 4.17. The van der Waals surface area contributed by atoms with Crippen molar-refractivity contribution >= 4 is 0 Å². The van der Waals surface area contributed by atoms with Gasteiger partial charge in [0.1, 0.15) is 6.33 Å². The summed E-state index contributed by atoms with van der Waals surface area (Å²) < 4.78 is 5.59. The van der Waals surface area contributed by atoms with E-state index in [-0.39, 0.29) is 12.1 Å². The molecule has 4 nitrogen and oxygen atoms in total. The first-order valence-corrected chi connectivity index (χ1v) is 6.34. The molecule has 0 saturated carbocycles. The molecule has 1 rings (SSSR count). The van der Waals surface area contributed by atoms with Crippen LogP contribution in [0.5, 0.6) is 0 Å². The van der Waals surface area contributed by atoms with Gasteiger partial charge in [0.05, 0.1) is 12.1 Å². The normalized spacial score (nSPS) is 14.5. The van der Waals surface area contributed by atoms with Crippen molar-refractivity contribution in [1.82, 2.24) is 15.3 Å². The van der Waals surface area contributed by atoms with Crippen molar-refractivity contribution in [2.45, 2.75) is 45.3 Å². The number of rotatable bonds is 8. The minimum absolute atomic E-state index is 0.178. The number of ether oxygens (including phenoxy) is 1. The summed E-state index contributed by atoms with van der Waals surface area (Å²) in [7, 11) is 1.77. The first-order valence-electron chi connectivity index (χ1n) is 6.34. The van der Waals surface area contributed by atoms with Gasteiger partial charge < -0.3 is 10.1 Å². The Balaban J connectivity index is 2.78. The summed E-state index contributed by atoms with van der Waals surface area (Å²) in [6.07, 6.45) is 8.71. The molecule has 0 aliphatic heterocycles. The van der Waals surface area contributed by atoms with Crippen molar-refractivity contribution in [2.75, 3.05) is 13.7 Å². The zero-order valence-electron chi connectivity index (χ0n) is 11.0. The minimum atomic E-state index is 0.178. The molecular formula is C13H23N3O. The summed E-state index contributed by atoms with van der Waals surface area (Å²) in [5.74, 6) is 0. The molecule has 0 spiro atoms. The summed E-state index contributed by atoms with van der Waals surface area (Å²) in [4.78, 5) is 8.17. The molecule has 0 aliphatic carbocycles. The van der Waals surface area contributed by atoms with Crippen LogP contribution in [0.15, 0.2) is 18.7 Å². The summed E-state index contributed by atoms with van der Waals surface area (Å²) in [5, 5.41) is 3.52. The summed E-state index contributed by atoms with van der Waals surface area (Å²) >= 11 is 0. The predicted molar refractivity (Wildman–Crippen MR) is 68.8 cm³/mol. The standard InChI is InChI=1S/C13H23N3O/c1-4-6-12(17-3)13(16-7-5-2)11-8-14-10-15-9-11/h8-10,12-13,16H,4-7H2,1-3H3. The molecule has 1 aromatic rings. The molecule has 1 aromatic heterocycles. The highest BCUT2D eigenvalue weighted by atomic mass is 16.5. The van der Waals surface area contributed by atoms with E-state index < -0.39 is 0 Å². The van der Waals surface area contributed by atoms with Crippen LogP contribution in [-0.4, -0.2) is 29.7 Å². The SMILES string of the molecule is CCCNC(c1cncnc1)C(CCC)OC. The topological polar surface area (TPSA) is 47.0 Å². The fourth-order valence-electron chi connectivity index (χ4n) is 1.94. The van der Waals surface area contributed by atoms with Gasteiger partial charge in [-0.2, -0.15) is 0 Å². The van der Waals surface area contributed by atoms with Crippen LogP contribution >= 0.6 is 0 Å². The molecule has 2 atom stereocenters. The van der Waals surface area contributed by atoms with Gasteiger partial charge >= 0.3 is 0 Å². The zero-order valence-corrected chi connectivity index (χ0v) is 11.0. The van der Waals surface area contributed by atoms with Crippen LogP contribution in [-0.2, 0) is 4.74 Å². The Bertz CT molecular complexity index is 292. The second kappa shape index (κ2) is 8.14. The Kier molecular flexibility index (Phi) is 6.74. The third-order valence-electron chi connectivity index (χ3n) is 2.80. The van der Waals surface area contributed by atoms with Gasteiger partial charge in [-0.3, -0.25) is 0 Å². The maximum absolute atomic E-state index is 5.59. The van der Waals surface area contributed by atoms with E-state index in [0.29, 0.717) is 0 Å². The van der Waals surface area contributed by atoms with E-state index in [1.807, 2.05) is 12.4 Å². The first-order chi connectivity index (χ1) is 8.33. The van der Waals surface area contributed by atoms with Gasteiger partial charge in [-0.25, -0.2) is 9.97 Å². The third kappa shape index (κ3) is 4.40. The molecule has 17 heavy (non-hydrogen) atoms. The van der Waals surface area contributed by atoms with E-state index in [9.17, 15) is 0 Å². The van der Waals surface area contributed by atoms with Crippen LogP contribution in [0, 0.1) is 0 Å². The maximum Gasteiger partial charge on any atom is 0.115 e. The number of hydrogen-bond donors (Lipinski definition) is 1. The van der Waals surface area contributed by atoms with Crippen molar-refractivity contribution in [1.29, 1.82) is 0 Å². The Labute approximate surface area is 104 Å². The molecule has 4 heteroatoms. The van der Waals surface area contributed by atoms with Crippen molar-refractivity contribution < 1.29 is 4.74 Å². The number of hydrogen-bond acceptors (Lipinski definition) is 4. The van der Waals surface area contributed by atoms with Crippen LogP contribution in [0.25, 0.3) is 0 Å². The molecule has 2 unspecified atom stereocenters. The lowest BCUT2D eigenvalue weighted by Gasteiger charge is -2.26. The molecule has 96 valence electrons. The largest absolute Gasteiger partial charge is 0.379 e. The third-order valence-corrected chi connectivity index (χ3v) is 2.80. The van der Waals surface area contributed by atoms with Crippen molar-refractivity contribution in [3.8, 4) is 0 Å². The molecule has 0 saturated heterocycles. The Hall–Kier alpha value is -1.00. The monoisotopic (exact) mass is 237 g/mol. The smallest absolute Gasteiger partial charge is 0.115 e. The van der Waals surface area contributed by atoms with Gasteiger partial charge in [-0.05, 0) is 19.4 Å². The number of methoxy groups -OCH3 is 1. The number of aromatic nitrogens is 2. The molecule has 1 heterocycles. The first kappa shape index (κ1) is 14.1. The van der Waals surface area contributed by atoms with Crippen molar-refractivity contribution in [2.24, 2.45) is 0 Å². The maximum atomic E-state index is 5.59. The predicted octanol–water partition coefficient (Wildman–Crippen LogP) is 2.33. The van der Waals surface area contributed by atoms with Crippen LogP contribution in [0.3, 0.4) is 0 Å². The van der Waals surface area contributed by atoms with Crippen molar-refractivity contribution in [3.05, 3.63) is 24.3 Å². The summed E-state index contributed by atoms with van der Waals surface area (Å²) in [5.41, 5.74) is 1.10. The number of nitrogens with zero attached hydrogens (tertiary/aromatic N) is 2. The molecule has 1 N–H and O–H groups in total. The van der Waals surface area contributed by atoms with E-state index in [0.717, 1.165) is 31.4 Å². The molecular weight excluding hydrogens is 214 g/mol. The van der Waals surface area contributed by atoms with Gasteiger partial charge in [0, 0.05) is 25.1 Å². The molecule has 0 aromatic carbocycles. The molecule has 0 radical (unpaired) electrons. The quantitative estimate of drug-likeness (QED) is 0.754. The Morgan fingerprint density at radius 2 is 1.94 bits per heavy atom. The van der Waals surface area contributed by atoms with Crippen LogP contribution in [0.4, 0.5) is 0 Å². The lowest BCUT2D eigenvalue weighted by Crippen LogP contribution is -2.34. The van der Waals surface area contributed by atoms with E-state index >= 15 is 0 Å². The Morgan fingerprint density at radius 3 is 2.47 bits per heavy atom. The average molecular weight is 237 g/mol. The highest BCUT2D eigenvalue weighted by Gasteiger charge is 2.22. The van der Waals surface area contributed by atoms with E-state index in [1.165, 1.54) is 0 Å². The molecule has 0 aliphatic rings. The fraction of sp³-hybridized carbons (Fsp3) is 0.692. The molecule has 0 amide bonds. The zero-order chi connectivity index (χ0) is 12.5. The van der Waals surface area contributed by atoms with E-state index in [1.54, 1.807) is 13.4 Å². The van der Waals surface area contributed by atoms with Crippen LogP contribution < -0.4 is 5.32 Å². The second-order valence-corrected chi connectivity index (χ2v) is 4.17. The minimum Gasteiger partial charge on any atom is -0.379 e. The fourth-order valence-corrected chi connectivity index (χ4v) is 1.94. The highest BCUT2D eigenvalue weighted by Crippen LogP contribution is 2.21. The molecule has 0 bridgehead atoms. The number of nitrogens with one attached hydrogen (secondary N) is 1. The average Bonchev–Trinajstić information content (AvgIpc) is 2.39. The van der Waals surface area contributed by atoms with Crippen molar-refractivity contribution in [3.63, 3.8) is 0 Å². The van der Waals surface area contributed by atoms with Gasteiger partial charge in [0.2, 0.25) is 0 Å². The van der Waals surface area contributed by atoms with Gasteiger partial charge in [-0.15, -0.1) is 0 Å². The van der Waals surface area contributed by atoms with E-state index in [2.05, 4.69) is 29.1 Å². The van der Waals surface area contributed by atoms with Crippen LogP contribution in [0.2, 0.25) is 0 Å².